The first-order chi connectivity index (χ1) is 11.4. The second kappa shape index (κ2) is 6.09. The molecule has 0 unspecified atom stereocenters. The largest absolute Gasteiger partial charge is 0.428 e. The van der Waals surface area contributed by atoms with Gasteiger partial charge in [0.05, 0.1) is 15.6 Å². The number of aromatic nitrogens is 2. The molecule has 24 heavy (non-hydrogen) atoms. The van der Waals surface area contributed by atoms with E-state index in [9.17, 15) is 14.5 Å². The van der Waals surface area contributed by atoms with Crippen LogP contribution in [0.2, 0.25) is 5.02 Å². The molecule has 0 radical (unpaired) electrons. The molecule has 0 aliphatic rings. The number of halogens is 2. The fraction of sp³-hybridized carbons (Fsp3) is 0.111. The van der Waals surface area contributed by atoms with Crippen molar-refractivity contribution < 1.29 is 14.0 Å². The Labute approximate surface area is 142 Å². The summed E-state index contributed by atoms with van der Waals surface area (Å²) in [6.45, 7) is 3.28. The van der Waals surface area contributed by atoms with E-state index in [-0.39, 0.29) is 5.69 Å². The van der Waals surface area contributed by atoms with Crippen molar-refractivity contribution in [3.8, 4) is 22.5 Å². The molecule has 0 spiro atoms. The highest BCUT2D eigenvalue weighted by Gasteiger charge is 2.28. The third-order valence-corrected chi connectivity index (χ3v) is 4.21. The molecule has 0 saturated carbocycles. The van der Waals surface area contributed by atoms with Gasteiger partial charge >= 0.3 is 0 Å². The van der Waals surface area contributed by atoms with Crippen LogP contribution in [-0.4, -0.2) is 9.94 Å². The maximum absolute atomic E-state index is 13.2. The average molecular weight is 346 g/mol. The molecule has 1 heterocycles. The summed E-state index contributed by atoms with van der Waals surface area (Å²) in [5.41, 5.74) is 2.47. The Bertz CT molecular complexity index is 889. The fourth-order valence-corrected chi connectivity index (χ4v) is 2.85. The molecule has 122 valence electrons. The first-order valence-electron chi connectivity index (χ1n) is 7.30. The lowest BCUT2D eigenvalue weighted by Gasteiger charge is -2.09. The molecular formula is C18H15ClFN2O2+. The minimum Gasteiger partial charge on any atom is -0.428 e. The summed E-state index contributed by atoms with van der Waals surface area (Å²) in [6, 6.07) is 12.3. The number of hydrogen-bond donors (Lipinski definition) is 1. The molecule has 4 nitrogen and oxygen atoms in total. The highest BCUT2D eigenvalue weighted by molar-refractivity contribution is 6.30. The fourth-order valence-electron chi connectivity index (χ4n) is 2.73. The zero-order valence-corrected chi connectivity index (χ0v) is 13.9. The molecule has 1 aromatic heterocycles. The van der Waals surface area contributed by atoms with Crippen LogP contribution in [0.5, 0.6) is 0 Å². The molecule has 0 saturated heterocycles. The second-order valence-corrected chi connectivity index (χ2v) is 5.92. The van der Waals surface area contributed by atoms with Crippen molar-refractivity contribution in [2.75, 3.05) is 0 Å². The lowest BCUT2D eigenvalue weighted by atomic mass is 10.1. The molecule has 1 N–H and O–H groups in total. The van der Waals surface area contributed by atoms with Gasteiger partial charge in [-0.15, -0.1) is 0 Å². The zero-order valence-electron chi connectivity index (χ0n) is 13.1. The average Bonchev–Trinajstić information content (AvgIpc) is 2.56. The van der Waals surface area contributed by atoms with Crippen molar-refractivity contribution in [1.29, 1.82) is 0 Å². The van der Waals surface area contributed by atoms with Gasteiger partial charge in [-0.05, 0) is 62.4 Å². The van der Waals surface area contributed by atoms with Crippen LogP contribution in [-0.2, 0) is 0 Å². The molecule has 6 heteroatoms. The monoisotopic (exact) mass is 345 g/mol. The predicted octanol–water partition coefficient (Wildman–Crippen LogP) is 4.38. The van der Waals surface area contributed by atoms with E-state index in [1.54, 1.807) is 38.1 Å². The third-order valence-electron chi connectivity index (χ3n) is 3.96. The molecular weight excluding hydrogens is 331 g/mol. The summed E-state index contributed by atoms with van der Waals surface area (Å²) in [4.78, 5) is 13.0. The molecule has 0 aliphatic carbocycles. The maximum atomic E-state index is 13.2. The van der Waals surface area contributed by atoms with Crippen LogP contribution in [0.1, 0.15) is 11.4 Å². The van der Waals surface area contributed by atoms with Gasteiger partial charge in [0.2, 0.25) is 0 Å². The number of rotatable bonds is 2. The van der Waals surface area contributed by atoms with Crippen LogP contribution < -0.4 is 4.43 Å². The van der Waals surface area contributed by atoms with E-state index in [0.717, 1.165) is 9.16 Å². The van der Waals surface area contributed by atoms with E-state index in [4.69, 9.17) is 11.6 Å². The van der Waals surface area contributed by atoms with E-state index in [1.165, 1.54) is 24.3 Å². The third kappa shape index (κ3) is 2.67. The van der Waals surface area contributed by atoms with Crippen LogP contribution in [0, 0.1) is 24.6 Å². The van der Waals surface area contributed by atoms with Crippen LogP contribution in [0.3, 0.4) is 0 Å². The molecule has 0 aliphatic heterocycles. The Morgan fingerprint density at radius 1 is 0.917 bits per heavy atom. The van der Waals surface area contributed by atoms with Crippen molar-refractivity contribution in [2.24, 2.45) is 0 Å². The van der Waals surface area contributed by atoms with Crippen molar-refractivity contribution in [3.05, 3.63) is 75.7 Å². The molecule has 0 atom stereocenters. The molecule has 2 aromatic carbocycles. The summed E-state index contributed by atoms with van der Waals surface area (Å²) in [6.07, 6.45) is 0. The minimum absolute atomic E-state index is 0.257. The van der Waals surface area contributed by atoms with E-state index in [1.807, 2.05) is 0 Å². The first kappa shape index (κ1) is 16.2. The predicted molar refractivity (Wildman–Crippen MR) is 90.3 cm³/mol. The lowest BCUT2D eigenvalue weighted by Crippen LogP contribution is -2.28. The van der Waals surface area contributed by atoms with Gasteiger partial charge in [-0.1, -0.05) is 11.6 Å². The van der Waals surface area contributed by atoms with Crippen molar-refractivity contribution in [3.63, 3.8) is 0 Å². The summed E-state index contributed by atoms with van der Waals surface area (Å²) in [5.74, 6) is -0.393. The standard InChI is InChI=1S/C18H15ClFN2O2/c1-11-17(13-3-7-15(19)8-4-13)22(24)18(12(2)21(11)23)14-5-9-16(20)10-6-14/h3-10,23H,1-2H3/q+1. The Morgan fingerprint density at radius 3 is 1.79 bits per heavy atom. The molecule has 0 fully saturated rings. The smallest absolute Gasteiger partial charge is 0.293 e. The lowest BCUT2D eigenvalue weighted by molar-refractivity contribution is -0.472. The summed E-state index contributed by atoms with van der Waals surface area (Å²) < 4.78 is 14.9. The van der Waals surface area contributed by atoms with Crippen LogP contribution in [0.4, 0.5) is 4.39 Å². The normalized spacial score (nSPS) is 10.8. The summed E-state index contributed by atoms with van der Waals surface area (Å²) in [5, 5.41) is 10.9. The van der Waals surface area contributed by atoms with Crippen LogP contribution in [0.25, 0.3) is 22.5 Å². The Morgan fingerprint density at radius 2 is 1.33 bits per heavy atom. The highest BCUT2D eigenvalue weighted by Crippen LogP contribution is 2.26. The Kier molecular flexibility index (Phi) is 4.11. The molecule has 0 amide bonds. The van der Waals surface area contributed by atoms with Crippen LogP contribution >= 0.6 is 11.6 Å². The zero-order chi connectivity index (χ0) is 17.4. The summed E-state index contributed by atoms with van der Waals surface area (Å²) in [7, 11) is 0. The topological polar surface area (TPSA) is 48.1 Å². The van der Waals surface area contributed by atoms with Gasteiger partial charge in [-0.25, -0.2) is 4.39 Å². The number of benzene rings is 2. The highest BCUT2D eigenvalue weighted by atomic mass is 35.5. The van der Waals surface area contributed by atoms with Gasteiger partial charge in [0.25, 0.3) is 11.4 Å². The van der Waals surface area contributed by atoms with Gasteiger partial charge < -0.3 is 5.21 Å². The van der Waals surface area contributed by atoms with Gasteiger partial charge in [0.1, 0.15) is 17.2 Å². The van der Waals surface area contributed by atoms with Crippen molar-refractivity contribution >= 4 is 11.6 Å². The van der Waals surface area contributed by atoms with Gasteiger partial charge in [0, 0.05) is 9.93 Å². The Balaban J connectivity index is 2.34. The van der Waals surface area contributed by atoms with E-state index < -0.39 is 5.82 Å². The number of hydrogen-bond acceptors (Lipinski definition) is 2. The maximum Gasteiger partial charge on any atom is 0.293 e. The second-order valence-electron chi connectivity index (χ2n) is 5.49. The number of nitrogens with zero attached hydrogens (tertiary/aromatic N) is 2. The molecule has 3 aromatic rings. The summed E-state index contributed by atoms with van der Waals surface area (Å²) >= 11 is 5.90. The van der Waals surface area contributed by atoms with E-state index in [0.29, 0.717) is 33.2 Å². The van der Waals surface area contributed by atoms with E-state index in [2.05, 4.69) is 0 Å². The van der Waals surface area contributed by atoms with Gasteiger partial charge in [-0.3, -0.25) is 0 Å². The SMILES string of the molecule is Cc1c(-c2ccc(F)cc2)[n+](=O)c(-c2ccc(Cl)cc2)c(C)n1O. The van der Waals surface area contributed by atoms with Gasteiger partial charge in [0.15, 0.2) is 0 Å². The Hall–Kier alpha value is -2.66. The molecule has 3 rings (SSSR count). The molecule has 0 bridgehead atoms. The van der Waals surface area contributed by atoms with Gasteiger partial charge in [-0.2, -0.15) is 4.73 Å². The minimum atomic E-state index is -0.393. The van der Waals surface area contributed by atoms with Crippen molar-refractivity contribution in [1.82, 2.24) is 4.73 Å². The quantitative estimate of drug-likeness (QED) is 0.553. The van der Waals surface area contributed by atoms with Crippen LogP contribution in [0.15, 0.2) is 48.5 Å². The first-order valence-corrected chi connectivity index (χ1v) is 7.68. The van der Waals surface area contributed by atoms with Crippen molar-refractivity contribution in [2.45, 2.75) is 13.8 Å². The van der Waals surface area contributed by atoms with E-state index >= 15 is 0 Å².